The standard InChI is InChI=1S/C14H14ClN3O/c1-2-12(10-6-4-3-5-7-10)18-14-11(8-19)13(15)16-9-17-14/h3-9,12H,2H2,1H3,(H,16,17,18). The van der Waals surface area contributed by atoms with E-state index in [0.717, 1.165) is 12.0 Å². The number of carbonyl (C=O) groups is 1. The van der Waals surface area contributed by atoms with E-state index in [9.17, 15) is 4.79 Å². The van der Waals surface area contributed by atoms with E-state index in [2.05, 4.69) is 22.2 Å². The first-order chi connectivity index (χ1) is 9.26. The van der Waals surface area contributed by atoms with Gasteiger partial charge in [-0.2, -0.15) is 0 Å². The first kappa shape index (κ1) is 13.5. The molecule has 1 heterocycles. The molecule has 1 atom stereocenters. The normalized spacial score (nSPS) is 11.9. The molecule has 0 fully saturated rings. The molecule has 1 N–H and O–H groups in total. The van der Waals surface area contributed by atoms with Gasteiger partial charge in [-0.15, -0.1) is 0 Å². The summed E-state index contributed by atoms with van der Waals surface area (Å²) in [6.07, 6.45) is 2.88. The van der Waals surface area contributed by atoms with Gasteiger partial charge in [0.2, 0.25) is 0 Å². The zero-order chi connectivity index (χ0) is 13.7. The van der Waals surface area contributed by atoms with E-state index < -0.39 is 0 Å². The van der Waals surface area contributed by atoms with Gasteiger partial charge in [0.15, 0.2) is 6.29 Å². The van der Waals surface area contributed by atoms with Crippen LogP contribution in [0.25, 0.3) is 0 Å². The molecule has 1 aromatic heterocycles. The van der Waals surface area contributed by atoms with Crippen LogP contribution >= 0.6 is 11.6 Å². The molecule has 2 rings (SSSR count). The molecule has 0 radical (unpaired) electrons. The van der Waals surface area contributed by atoms with E-state index in [1.807, 2.05) is 30.3 Å². The Labute approximate surface area is 116 Å². The molecule has 0 saturated carbocycles. The summed E-state index contributed by atoms with van der Waals surface area (Å²) in [5, 5.41) is 3.40. The monoisotopic (exact) mass is 275 g/mol. The highest BCUT2D eigenvalue weighted by Crippen LogP contribution is 2.24. The zero-order valence-electron chi connectivity index (χ0n) is 10.5. The highest BCUT2D eigenvalue weighted by atomic mass is 35.5. The van der Waals surface area contributed by atoms with Gasteiger partial charge in [-0.25, -0.2) is 9.97 Å². The van der Waals surface area contributed by atoms with E-state index >= 15 is 0 Å². The first-order valence-corrected chi connectivity index (χ1v) is 6.41. The van der Waals surface area contributed by atoms with Crippen LogP contribution in [0.4, 0.5) is 5.82 Å². The summed E-state index contributed by atoms with van der Waals surface area (Å²) in [4.78, 5) is 18.9. The smallest absolute Gasteiger partial charge is 0.156 e. The number of nitrogens with zero attached hydrogens (tertiary/aromatic N) is 2. The van der Waals surface area contributed by atoms with Crippen molar-refractivity contribution in [1.29, 1.82) is 0 Å². The third-order valence-electron chi connectivity index (χ3n) is 2.87. The molecule has 0 amide bonds. The largest absolute Gasteiger partial charge is 0.363 e. The number of hydrogen-bond acceptors (Lipinski definition) is 4. The van der Waals surface area contributed by atoms with E-state index in [0.29, 0.717) is 17.7 Å². The second-order valence-corrected chi connectivity index (χ2v) is 4.42. The molecule has 1 aromatic carbocycles. The van der Waals surface area contributed by atoms with E-state index in [-0.39, 0.29) is 11.2 Å². The van der Waals surface area contributed by atoms with Gasteiger partial charge in [-0.1, -0.05) is 48.9 Å². The van der Waals surface area contributed by atoms with Crippen molar-refractivity contribution in [2.24, 2.45) is 0 Å². The number of hydrogen-bond donors (Lipinski definition) is 1. The lowest BCUT2D eigenvalue weighted by molar-refractivity contribution is 0.112. The van der Waals surface area contributed by atoms with Crippen LogP contribution in [0, 0.1) is 0 Å². The van der Waals surface area contributed by atoms with Crippen molar-refractivity contribution >= 4 is 23.7 Å². The van der Waals surface area contributed by atoms with Gasteiger partial charge in [-0.05, 0) is 12.0 Å². The van der Waals surface area contributed by atoms with Gasteiger partial charge < -0.3 is 5.32 Å². The summed E-state index contributed by atoms with van der Waals surface area (Å²) in [5.74, 6) is 0.464. The van der Waals surface area contributed by atoms with E-state index in [4.69, 9.17) is 11.6 Å². The highest BCUT2D eigenvalue weighted by Gasteiger charge is 2.14. The van der Waals surface area contributed by atoms with E-state index in [1.165, 1.54) is 6.33 Å². The molecule has 0 saturated heterocycles. The summed E-state index contributed by atoms with van der Waals surface area (Å²) in [5.41, 5.74) is 1.43. The Morgan fingerprint density at radius 1 is 1.32 bits per heavy atom. The maximum atomic E-state index is 11.1. The fourth-order valence-corrected chi connectivity index (χ4v) is 2.04. The second-order valence-electron chi connectivity index (χ2n) is 4.06. The molecule has 0 aliphatic rings. The number of anilines is 1. The van der Waals surface area contributed by atoms with Crippen LogP contribution in [0.5, 0.6) is 0 Å². The van der Waals surface area contributed by atoms with Crippen molar-refractivity contribution in [3.05, 3.63) is 52.9 Å². The molecule has 5 heteroatoms. The molecule has 1 unspecified atom stereocenters. The SMILES string of the molecule is CCC(Nc1ncnc(Cl)c1C=O)c1ccccc1. The Morgan fingerprint density at radius 3 is 2.68 bits per heavy atom. The Morgan fingerprint density at radius 2 is 2.05 bits per heavy atom. The summed E-state index contributed by atoms with van der Waals surface area (Å²) in [6, 6.07) is 10.1. The molecule has 0 aliphatic carbocycles. The van der Waals surface area contributed by atoms with Gasteiger partial charge in [0, 0.05) is 0 Å². The summed E-state index contributed by atoms with van der Waals surface area (Å²) >= 11 is 5.88. The number of aromatic nitrogens is 2. The van der Waals surface area contributed by atoms with Crippen LogP contribution < -0.4 is 5.32 Å². The zero-order valence-corrected chi connectivity index (χ0v) is 11.3. The number of benzene rings is 1. The van der Waals surface area contributed by atoms with Crippen molar-refractivity contribution in [3.63, 3.8) is 0 Å². The Balaban J connectivity index is 2.29. The van der Waals surface area contributed by atoms with Gasteiger partial charge in [0.1, 0.15) is 17.3 Å². The van der Waals surface area contributed by atoms with Gasteiger partial charge in [0.05, 0.1) is 11.6 Å². The van der Waals surface area contributed by atoms with Crippen molar-refractivity contribution in [2.75, 3.05) is 5.32 Å². The minimum atomic E-state index is 0.0749. The molecule has 0 bridgehead atoms. The van der Waals surface area contributed by atoms with Crippen molar-refractivity contribution in [2.45, 2.75) is 19.4 Å². The predicted octanol–water partition coefficient (Wildman–Crippen LogP) is 3.51. The number of carbonyl (C=O) groups excluding carboxylic acids is 1. The Kier molecular flexibility index (Phi) is 4.47. The lowest BCUT2D eigenvalue weighted by atomic mass is 10.0. The van der Waals surface area contributed by atoms with Crippen LogP contribution in [-0.4, -0.2) is 16.3 Å². The summed E-state index contributed by atoms with van der Waals surface area (Å²) in [6.45, 7) is 2.06. The number of rotatable bonds is 5. The van der Waals surface area contributed by atoms with Gasteiger partial charge in [0.25, 0.3) is 0 Å². The van der Waals surface area contributed by atoms with E-state index in [1.54, 1.807) is 0 Å². The lowest BCUT2D eigenvalue weighted by Gasteiger charge is -2.19. The fourth-order valence-electron chi connectivity index (χ4n) is 1.87. The third-order valence-corrected chi connectivity index (χ3v) is 3.18. The Bertz CT molecular complexity index is 560. The van der Waals surface area contributed by atoms with Gasteiger partial charge >= 0.3 is 0 Å². The lowest BCUT2D eigenvalue weighted by Crippen LogP contribution is -2.12. The number of halogens is 1. The molecule has 0 spiro atoms. The van der Waals surface area contributed by atoms with Crippen LogP contribution in [0.3, 0.4) is 0 Å². The maximum Gasteiger partial charge on any atom is 0.156 e. The molecule has 4 nitrogen and oxygen atoms in total. The molecular formula is C14H14ClN3O. The minimum Gasteiger partial charge on any atom is -0.363 e. The van der Waals surface area contributed by atoms with Crippen LogP contribution in [-0.2, 0) is 0 Å². The highest BCUT2D eigenvalue weighted by molar-refractivity contribution is 6.32. The Hall–Kier alpha value is -1.94. The van der Waals surface area contributed by atoms with Crippen LogP contribution in [0.15, 0.2) is 36.7 Å². The number of aldehydes is 1. The molecule has 0 aliphatic heterocycles. The first-order valence-electron chi connectivity index (χ1n) is 6.03. The second kappa shape index (κ2) is 6.29. The van der Waals surface area contributed by atoms with Crippen molar-refractivity contribution < 1.29 is 4.79 Å². The quantitative estimate of drug-likeness (QED) is 0.670. The maximum absolute atomic E-state index is 11.1. The molecular weight excluding hydrogens is 262 g/mol. The van der Waals surface area contributed by atoms with Crippen molar-refractivity contribution in [3.8, 4) is 0 Å². The number of nitrogens with one attached hydrogen (secondary N) is 1. The molecule has 2 aromatic rings. The molecule has 98 valence electrons. The summed E-state index contributed by atoms with van der Waals surface area (Å²) < 4.78 is 0. The van der Waals surface area contributed by atoms with Gasteiger partial charge in [-0.3, -0.25) is 4.79 Å². The van der Waals surface area contributed by atoms with Crippen LogP contribution in [0.1, 0.15) is 35.3 Å². The van der Waals surface area contributed by atoms with Crippen LogP contribution in [0.2, 0.25) is 5.15 Å². The van der Waals surface area contributed by atoms with Crippen molar-refractivity contribution in [1.82, 2.24) is 9.97 Å². The molecule has 19 heavy (non-hydrogen) atoms. The third kappa shape index (κ3) is 3.09. The summed E-state index contributed by atoms with van der Waals surface area (Å²) in [7, 11) is 0. The minimum absolute atomic E-state index is 0.0749. The fraction of sp³-hybridized carbons (Fsp3) is 0.214. The predicted molar refractivity (Wildman–Crippen MR) is 75.5 cm³/mol. The topological polar surface area (TPSA) is 54.9 Å². The average Bonchev–Trinajstić information content (AvgIpc) is 2.46. The average molecular weight is 276 g/mol.